The topological polar surface area (TPSA) is 55.1 Å². The van der Waals surface area contributed by atoms with E-state index < -0.39 is 0 Å². The van der Waals surface area contributed by atoms with Crippen molar-refractivity contribution in [3.63, 3.8) is 0 Å². The van der Waals surface area contributed by atoms with E-state index in [4.69, 9.17) is 4.52 Å². The molecule has 0 saturated carbocycles. The molecule has 2 aromatic heterocycles. The maximum Gasteiger partial charge on any atom is 0.265 e. The van der Waals surface area contributed by atoms with Crippen LogP contribution in [0.4, 0.5) is 5.95 Å². The molecular formula is C12H16N4O. The first kappa shape index (κ1) is 11.6. The number of hydrogen-bond donors (Lipinski definition) is 0. The van der Waals surface area contributed by atoms with Gasteiger partial charge in [-0.05, 0) is 22.7 Å². The van der Waals surface area contributed by atoms with Crippen LogP contribution in [-0.4, -0.2) is 29.2 Å². The molecule has 17 heavy (non-hydrogen) atoms. The molecule has 0 aliphatic rings. The van der Waals surface area contributed by atoms with E-state index in [0.717, 1.165) is 11.1 Å². The minimum Gasteiger partial charge on any atom is -0.344 e. The molecule has 0 N–H and O–H groups in total. The predicted molar refractivity (Wildman–Crippen MR) is 65.9 cm³/mol. The molecule has 2 heterocycles. The third kappa shape index (κ3) is 2.43. The SMILES string of the molecule is CC(C)c1cncc(-c2nc(N(C)C)no2)c1. The summed E-state index contributed by atoms with van der Waals surface area (Å²) in [6.45, 7) is 4.25. The lowest BCUT2D eigenvalue weighted by Crippen LogP contribution is -2.10. The normalized spacial score (nSPS) is 10.9. The van der Waals surface area contributed by atoms with E-state index in [1.807, 2.05) is 26.4 Å². The van der Waals surface area contributed by atoms with Gasteiger partial charge in [0.15, 0.2) is 0 Å². The van der Waals surface area contributed by atoms with Crippen LogP contribution in [0, 0.1) is 0 Å². The molecule has 5 nitrogen and oxygen atoms in total. The van der Waals surface area contributed by atoms with E-state index in [0.29, 0.717) is 17.8 Å². The zero-order chi connectivity index (χ0) is 12.4. The molecule has 0 saturated heterocycles. The van der Waals surface area contributed by atoms with E-state index in [1.54, 1.807) is 11.1 Å². The lowest BCUT2D eigenvalue weighted by Gasteiger charge is -2.04. The van der Waals surface area contributed by atoms with Crippen LogP contribution in [-0.2, 0) is 0 Å². The van der Waals surface area contributed by atoms with Crippen LogP contribution < -0.4 is 4.90 Å². The highest BCUT2D eigenvalue weighted by Gasteiger charge is 2.11. The Labute approximate surface area is 100 Å². The Morgan fingerprint density at radius 1 is 1.24 bits per heavy atom. The van der Waals surface area contributed by atoms with Crippen molar-refractivity contribution in [2.45, 2.75) is 19.8 Å². The van der Waals surface area contributed by atoms with Crippen LogP contribution in [0.5, 0.6) is 0 Å². The Bertz CT molecular complexity index is 505. The second-order valence-corrected chi connectivity index (χ2v) is 4.46. The highest BCUT2D eigenvalue weighted by Crippen LogP contribution is 2.22. The fraction of sp³-hybridized carbons (Fsp3) is 0.417. The average Bonchev–Trinajstić information content (AvgIpc) is 2.78. The molecule has 0 aromatic carbocycles. The van der Waals surface area contributed by atoms with Gasteiger partial charge in [0.05, 0.1) is 5.56 Å². The molecule has 0 bridgehead atoms. The first-order valence-electron chi connectivity index (χ1n) is 5.54. The smallest absolute Gasteiger partial charge is 0.265 e. The van der Waals surface area contributed by atoms with Gasteiger partial charge in [0.1, 0.15) is 0 Å². The lowest BCUT2D eigenvalue weighted by molar-refractivity contribution is 0.430. The molecule has 2 aromatic rings. The van der Waals surface area contributed by atoms with Crippen LogP contribution in [0.25, 0.3) is 11.5 Å². The van der Waals surface area contributed by atoms with Crippen LogP contribution in [0.2, 0.25) is 0 Å². The predicted octanol–water partition coefficient (Wildman–Crippen LogP) is 2.32. The molecular weight excluding hydrogens is 216 g/mol. The lowest BCUT2D eigenvalue weighted by atomic mass is 10.0. The highest BCUT2D eigenvalue weighted by molar-refractivity contribution is 5.54. The largest absolute Gasteiger partial charge is 0.344 e. The Morgan fingerprint density at radius 3 is 2.59 bits per heavy atom. The summed E-state index contributed by atoms with van der Waals surface area (Å²) in [7, 11) is 3.74. The number of hydrogen-bond acceptors (Lipinski definition) is 5. The van der Waals surface area contributed by atoms with Gasteiger partial charge in [-0.2, -0.15) is 4.98 Å². The molecule has 2 rings (SSSR count). The van der Waals surface area contributed by atoms with Gasteiger partial charge in [-0.15, -0.1) is 0 Å². The number of rotatable bonds is 3. The molecule has 0 aliphatic carbocycles. The molecule has 0 radical (unpaired) electrons. The molecule has 5 heteroatoms. The van der Waals surface area contributed by atoms with E-state index in [1.165, 1.54) is 0 Å². The summed E-state index contributed by atoms with van der Waals surface area (Å²) in [6.07, 6.45) is 3.59. The van der Waals surface area contributed by atoms with Crippen molar-refractivity contribution in [3.8, 4) is 11.5 Å². The molecule has 0 fully saturated rings. The fourth-order valence-corrected chi connectivity index (χ4v) is 1.41. The summed E-state index contributed by atoms with van der Waals surface area (Å²) in [5.74, 6) is 1.50. The van der Waals surface area contributed by atoms with Crippen LogP contribution in [0.3, 0.4) is 0 Å². The minimum absolute atomic E-state index is 0.429. The Morgan fingerprint density at radius 2 is 2.00 bits per heavy atom. The third-order valence-corrected chi connectivity index (χ3v) is 2.49. The zero-order valence-corrected chi connectivity index (χ0v) is 10.5. The summed E-state index contributed by atoms with van der Waals surface area (Å²) < 4.78 is 5.20. The third-order valence-electron chi connectivity index (χ3n) is 2.49. The van der Waals surface area contributed by atoms with Crippen molar-refractivity contribution < 1.29 is 4.52 Å². The number of nitrogens with zero attached hydrogens (tertiary/aromatic N) is 4. The molecule has 0 aliphatic heterocycles. The van der Waals surface area contributed by atoms with Gasteiger partial charge in [0, 0.05) is 26.5 Å². The quantitative estimate of drug-likeness (QED) is 0.812. The van der Waals surface area contributed by atoms with Crippen LogP contribution >= 0.6 is 0 Å². The summed E-state index contributed by atoms with van der Waals surface area (Å²) in [6, 6.07) is 2.03. The van der Waals surface area contributed by atoms with Gasteiger partial charge in [-0.1, -0.05) is 13.8 Å². The van der Waals surface area contributed by atoms with Gasteiger partial charge >= 0.3 is 0 Å². The number of aromatic nitrogens is 3. The Balaban J connectivity index is 2.35. The second kappa shape index (κ2) is 4.53. The van der Waals surface area contributed by atoms with E-state index in [2.05, 4.69) is 29.0 Å². The summed E-state index contributed by atoms with van der Waals surface area (Å²) in [5.41, 5.74) is 2.02. The van der Waals surface area contributed by atoms with E-state index >= 15 is 0 Å². The van der Waals surface area contributed by atoms with Crippen molar-refractivity contribution in [2.75, 3.05) is 19.0 Å². The summed E-state index contributed by atoms with van der Waals surface area (Å²) in [4.78, 5) is 10.3. The van der Waals surface area contributed by atoms with Crippen molar-refractivity contribution in [1.82, 2.24) is 15.1 Å². The number of anilines is 1. The average molecular weight is 232 g/mol. The first-order valence-corrected chi connectivity index (χ1v) is 5.54. The highest BCUT2D eigenvalue weighted by atomic mass is 16.5. The van der Waals surface area contributed by atoms with Crippen LogP contribution in [0.15, 0.2) is 23.0 Å². The van der Waals surface area contributed by atoms with Crippen molar-refractivity contribution in [1.29, 1.82) is 0 Å². The molecule has 0 unspecified atom stereocenters. The van der Waals surface area contributed by atoms with Gasteiger partial charge in [-0.3, -0.25) is 4.98 Å². The van der Waals surface area contributed by atoms with Gasteiger partial charge < -0.3 is 9.42 Å². The Hall–Kier alpha value is -1.91. The van der Waals surface area contributed by atoms with Gasteiger partial charge in [-0.25, -0.2) is 0 Å². The minimum atomic E-state index is 0.429. The molecule has 90 valence electrons. The molecule has 0 spiro atoms. The second-order valence-electron chi connectivity index (χ2n) is 4.46. The van der Waals surface area contributed by atoms with Crippen molar-refractivity contribution in [3.05, 3.63) is 24.0 Å². The van der Waals surface area contributed by atoms with E-state index in [9.17, 15) is 0 Å². The molecule has 0 amide bonds. The Kier molecular flexibility index (Phi) is 3.08. The number of pyridine rings is 1. The maximum absolute atomic E-state index is 5.20. The summed E-state index contributed by atoms with van der Waals surface area (Å²) in [5, 5.41) is 3.88. The monoisotopic (exact) mass is 232 g/mol. The van der Waals surface area contributed by atoms with Crippen molar-refractivity contribution in [2.24, 2.45) is 0 Å². The fourth-order valence-electron chi connectivity index (χ4n) is 1.41. The molecule has 0 atom stereocenters. The maximum atomic E-state index is 5.20. The zero-order valence-electron chi connectivity index (χ0n) is 10.5. The van der Waals surface area contributed by atoms with Gasteiger partial charge in [0.25, 0.3) is 11.8 Å². The standard InChI is InChI=1S/C12H16N4O/c1-8(2)9-5-10(7-13-6-9)11-14-12(15-17-11)16(3)4/h5-8H,1-4H3. The van der Waals surface area contributed by atoms with E-state index in [-0.39, 0.29) is 0 Å². The van der Waals surface area contributed by atoms with Crippen molar-refractivity contribution >= 4 is 5.95 Å². The summed E-state index contributed by atoms with van der Waals surface area (Å²) >= 11 is 0. The first-order chi connectivity index (χ1) is 8.08. The van der Waals surface area contributed by atoms with Crippen LogP contribution in [0.1, 0.15) is 25.3 Å². The van der Waals surface area contributed by atoms with Gasteiger partial charge in [0.2, 0.25) is 0 Å².